The number of hydrogen-bond acceptors (Lipinski definition) is 8. The van der Waals surface area contributed by atoms with Crippen LogP contribution in [0.2, 0.25) is 0 Å². The minimum absolute atomic E-state index is 0. The van der Waals surface area contributed by atoms with Gasteiger partial charge in [-0.1, -0.05) is 95.1 Å². The Morgan fingerprint density at radius 3 is 1.00 bits per heavy atom. The molecule has 8 amide bonds. The Labute approximate surface area is 468 Å². The number of imide groups is 4. The third kappa shape index (κ3) is 9.76. The summed E-state index contributed by atoms with van der Waals surface area (Å²) in [7, 11) is 0. The summed E-state index contributed by atoms with van der Waals surface area (Å²) in [4.78, 5) is 105. The van der Waals surface area contributed by atoms with Crippen molar-refractivity contribution in [1.82, 2.24) is 0 Å². The van der Waals surface area contributed by atoms with Gasteiger partial charge in [0.15, 0.2) is 0 Å². The summed E-state index contributed by atoms with van der Waals surface area (Å²) in [6, 6.07) is 54.1. The van der Waals surface area contributed by atoms with Crippen molar-refractivity contribution in [3.8, 4) is 24.7 Å². The molecule has 0 saturated carbocycles. The largest absolute Gasteiger partial charge is 0.283 e. The summed E-state index contributed by atoms with van der Waals surface area (Å²) >= 11 is 0. The summed E-state index contributed by atoms with van der Waals surface area (Å²) in [6.07, 6.45) is 12.3. The van der Waals surface area contributed by atoms with Crippen molar-refractivity contribution in [3.63, 3.8) is 0 Å². The van der Waals surface area contributed by atoms with Gasteiger partial charge in [-0.15, -0.1) is 12.8 Å². The molecule has 0 N–H and O–H groups in total. The molecule has 12 rings (SSSR count). The molecule has 77 heavy (non-hydrogen) atoms. The smallest absolute Gasteiger partial charge is 0.266 e. The number of anilines is 4. The van der Waals surface area contributed by atoms with E-state index in [1.807, 2.05) is 67.6 Å². The fraction of sp³-hybridized carbons (Fsp3) is 0.0625. The SMILES string of the molecule is C#Cc1ccc2c(c1)C(=O)N(c1ccc(C)cc1)C2=O.C#Cc1ccc2c(c1)C(=O)N(c1ccc(Cc3ccc(N4C(=O)c5c[c-]ccc5C4=O)cc3)cc1)C2=O.CCc1ccc(N2C(=O)c3c[c-]ccc3C2=O)cc1.[Y]. The van der Waals surface area contributed by atoms with Crippen LogP contribution >= 0.6 is 0 Å². The van der Waals surface area contributed by atoms with Gasteiger partial charge in [0.1, 0.15) is 0 Å². The zero-order chi connectivity index (χ0) is 53.4. The van der Waals surface area contributed by atoms with E-state index < -0.39 is 5.91 Å². The molecule has 0 atom stereocenters. The molecule has 8 aromatic carbocycles. The molecular weight excluding hydrogens is 1040 g/mol. The summed E-state index contributed by atoms with van der Waals surface area (Å²) in [5.74, 6) is 2.30. The number of nitrogens with zero attached hydrogens (tertiary/aromatic N) is 4. The Bertz CT molecular complexity index is 3800. The predicted molar refractivity (Wildman–Crippen MR) is 287 cm³/mol. The van der Waals surface area contributed by atoms with Gasteiger partial charge in [0, 0.05) is 43.8 Å². The number of carbonyl (C=O) groups excluding carboxylic acids is 8. The maximum absolute atomic E-state index is 12.9. The quantitative estimate of drug-likeness (QED) is 0.0870. The molecule has 4 heterocycles. The van der Waals surface area contributed by atoms with E-state index in [0.717, 1.165) is 28.0 Å². The Morgan fingerprint density at radius 2 is 0.675 bits per heavy atom. The first-order valence-corrected chi connectivity index (χ1v) is 23.9. The molecule has 13 heteroatoms. The van der Waals surface area contributed by atoms with Gasteiger partial charge in [0.25, 0.3) is 23.6 Å². The van der Waals surface area contributed by atoms with E-state index in [-0.39, 0.29) is 74.1 Å². The second-order valence-electron chi connectivity index (χ2n) is 17.9. The summed E-state index contributed by atoms with van der Waals surface area (Å²) in [5.41, 5.74) is 10.5. The van der Waals surface area contributed by atoms with Gasteiger partial charge in [0.2, 0.25) is 23.6 Å². The Hall–Kier alpha value is -9.46. The summed E-state index contributed by atoms with van der Waals surface area (Å²) in [6.45, 7) is 4.01. The van der Waals surface area contributed by atoms with E-state index in [1.165, 1.54) is 26.3 Å². The summed E-state index contributed by atoms with van der Waals surface area (Å²) in [5, 5.41) is 0. The molecule has 0 unspecified atom stereocenters. The van der Waals surface area contributed by atoms with E-state index in [0.29, 0.717) is 84.8 Å². The van der Waals surface area contributed by atoms with E-state index in [2.05, 4.69) is 30.9 Å². The first kappa shape index (κ1) is 52.4. The van der Waals surface area contributed by atoms with Gasteiger partial charge in [0.05, 0.1) is 45.0 Å². The number of carbonyl (C=O) groups is 8. The molecule has 0 aromatic heterocycles. The second kappa shape index (κ2) is 21.8. The van der Waals surface area contributed by atoms with Crippen molar-refractivity contribution in [1.29, 1.82) is 0 Å². The van der Waals surface area contributed by atoms with Crippen molar-refractivity contribution in [2.45, 2.75) is 26.7 Å². The average molecular weight is 1080 g/mol. The van der Waals surface area contributed by atoms with Gasteiger partial charge < -0.3 is 0 Å². The first-order chi connectivity index (χ1) is 36.8. The van der Waals surface area contributed by atoms with Gasteiger partial charge in [-0.25, -0.2) is 9.80 Å². The van der Waals surface area contributed by atoms with E-state index in [1.54, 1.807) is 103 Å². The molecule has 4 aliphatic rings. The van der Waals surface area contributed by atoms with Crippen LogP contribution in [0.4, 0.5) is 22.7 Å². The van der Waals surface area contributed by atoms with Crippen molar-refractivity contribution in [2.75, 3.05) is 19.6 Å². The predicted octanol–water partition coefficient (Wildman–Crippen LogP) is 10.3. The third-order valence-electron chi connectivity index (χ3n) is 13.3. The van der Waals surface area contributed by atoms with Crippen LogP contribution in [0.5, 0.6) is 0 Å². The fourth-order valence-electron chi connectivity index (χ4n) is 9.19. The van der Waals surface area contributed by atoms with Crippen LogP contribution in [0.25, 0.3) is 0 Å². The van der Waals surface area contributed by atoms with Gasteiger partial charge in [-0.2, -0.15) is 48.5 Å². The number of benzene rings is 8. The molecule has 0 fully saturated rings. The van der Waals surface area contributed by atoms with Crippen LogP contribution in [0, 0.1) is 43.7 Å². The number of terminal acetylenes is 2. The normalized spacial score (nSPS) is 13.7. The minimum Gasteiger partial charge on any atom is -0.283 e. The maximum atomic E-state index is 12.9. The molecule has 0 spiro atoms. The topological polar surface area (TPSA) is 150 Å². The van der Waals surface area contributed by atoms with E-state index >= 15 is 0 Å². The van der Waals surface area contributed by atoms with Crippen LogP contribution in [0.15, 0.2) is 170 Å². The summed E-state index contributed by atoms with van der Waals surface area (Å²) < 4.78 is 0. The molecule has 4 aliphatic heterocycles. The van der Waals surface area contributed by atoms with Crippen molar-refractivity contribution < 1.29 is 71.1 Å². The molecule has 0 saturated heterocycles. The minimum atomic E-state index is -0.397. The standard InChI is InChI=1S/C31H17N2O4.C17H11NO2.C16H12NO2.Y/c1-2-19-11-16-26-27(18-19)31(37)33(30(26)36)23-14-9-21(10-15-23)17-20-7-12-22(13-8-20)32-28(34)24-5-3-4-6-25(24)29(32)35;1-3-12-6-9-14-15(10-12)17(20)18(16(14)19)13-7-4-11(2)5-8-13;1-2-11-7-9-12(10-8-11)17-15(18)13-5-3-4-6-14(13)16(17)19;/h1,3,5-16,18H,17H2;1,4-10H,2H3;3,5-10H,2H2,1H3;/q-1;;-1;. The van der Waals surface area contributed by atoms with Crippen LogP contribution in [0.3, 0.4) is 0 Å². The Balaban J connectivity index is 0.000000153. The van der Waals surface area contributed by atoms with Crippen LogP contribution in [-0.4, -0.2) is 47.3 Å². The molecule has 0 bridgehead atoms. The van der Waals surface area contributed by atoms with Crippen molar-refractivity contribution in [3.05, 3.63) is 260 Å². The molecular formula is C64H40N4O8Y-2. The molecule has 1 radical (unpaired) electrons. The van der Waals surface area contributed by atoms with Crippen molar-refractivity contribution >= 4 is 70.0 Å². The van der Waals surface area contributed by atoms with Gasteiger partial charge in [-0.3, -0.25) is 48.2 Å². The van der Waals surface area contributed by atoms with Crippen LogP contribution in [-0.2, 0) is 45.6 Å². The zero-order valence-corrected chi connectivity index (χ0v) is 44.2. The van der Waals surface area contributed by atoms with Gasteiger partial charge in [-0.05, 0) is 121 Å². The van der Waals surface area contributed by atoms with E-state index in [9.17, 15) is 38.4 Å². The van der Waals surface area contributed by atoms with E-state index in [4.69, 9.17) is 12.8 Å². The number of fused-ring (bicyclic) bond motifs is 4. The van der Waals surface area contributed by atoms with Crippen LogP contribution < -0.4 is 19.6 Å². The molecule has 12 nitrogen and oxygen atoms in total. The van der Waals surface area contributed by atoms with Crippen molar-refractivity contribution in [2.24, 2.45) is 0 Å². The second-order valence-corrected chi connectivity index (χ2v) is 17.9. The fourth-order valence-corrected chi connectivity index (χ4v) is 9.19. The van der Waals surface area contributed by atoms with Crippen LogP contribution in [0.1, 0.15) is 123 Å². The number of aryl methyl sites for hydroxylation is 2. The molecule has 8 aromatic rings. The number of amides is 8. The third-order valence-corrected chi connectivity index (χ3v) is 13.3. The first-order valence-electron chi connectivity index (χ1n) is 23.9. The Kier molecular flexibility index (Phi) is 14.8. The number of rotatable bonds is 7. The zero-order valence-electron chi connectivity index (χ0n) is 41.4. The number of hydrogen-bond donors (Lipinski definition) is 0. The molecule has 369 valence electrons. The molecule has 0 aliphatic carbocycles. The average Bonchev–Trinajstić information content (AvgIpc) is 4.07. The Morgan fingerprint density at radius 1 is 0.377 bits per heavy atom. The maximum Gasteiger partial charge on any atom is 0.266 e. The monoisotopic (exact) mass is 1080 g/mol. The van der Waals surface area contributed by atoms with Gasteiger partial charge >= 0.3 is 0 Å².